The van der Waals surface area contributed by atoms with Gasteiger partial charge in [-0.25, -0.2) is 9.50 Å². The van der Waals surface area contributed by atoms with Gasteiger partial charge in [0.15, 0.2) is 10.7 Å². The Morgan fingerprint density at radius 3 is 3.04 bits per heavy atom. The largest absolute Gasteiger partial charge is 0.312 e. The van der Waals surface area contributed by atoms with Gasteiger partial charge < -0.3 is 5.32 Å². The molecule has 2 N–H and O–H groups in total. The van der Waals surface area contributed by atoms with E-state index in [1.165, 1.54) is 22.5 Å². The summed E-state index contributed by atoms with van der Waals surface area (Å²) in [5.41, 5.74) is 3.24. The van der Waals surface area contributed by atoms with E-state index in [0.29, 0.717) is 17.9 Å². The number of benzene rings is 1. The van der Waals surface area contributed by atoms with Gasteiger partial charge in [0, 0.05) is 12.7 Å². The second kappa shape index (κ2) is 5.32. The number of sulfonamides is 1. The van der Waals surface area contributed by atoms with Crippen LogP contribution in [0.3, 0.4) is 0 Å². The molecule has 8 heteroatoms. The molecule has 0 atom stereocenters. The third-order valence-corrected chi connectivity index (χ3v) is 5.23. The van der Waals surface area contributed by atoms with Crippen LogP contribution in [0.15, 0.2) is 47.8 Å². The van der Waals surface area contributed by atoms with E-state index in [0.717, 1.165) is 18.5 Å². The molecule has 7 nitrogen and oxygen atoms in total. The van der Waals surface area contributed by atoms with Crippen molar-refractivity contribution in [1.29, 1.82) is 0 Å². The van der Waals surface area contributed by atoms with Crippen molar-refractivity contribution in [3.63, 3.8) is 0 Å². The number of nitrogens with zero attached hydrogens (tertiary/aromatic N) is 3. The third-order valence-electron chi connectivity index (χ3n) is 3.91. The third kappa shape index (κ3) is 2.45. The normalized spacial score (nSPS) is 14.6. The Morgan fingerprint density at radius 1 is 1.22 bits per heavy atom. The van der Waals surface area contributed by atoms with E-state index in [1.54, 1.807) is 18.2 Å². The van der Waals surface area contributed by atoms with Crippen molar-refractivity contribution < 1.29 is 8.42 Å². The van der Waals surface area contributed by atoms with Gasteiger partial charge in [-0.1, -0.05) is 12.1 Å². The van der Waals surface area contributed by atoms with Crippen LogP contribution in [-0.4, -0.2) is 29.6 Å². The van der Waals surface area contributed by atoms with Gasteiger partial charge in [0.05, 0.1) is 11.9 Å². The van der Waals surface area contributed by atoms with Gasteiger partial charge in [0.25, 0.3) is 10.0 Å². The van der Waals surface area contributed by atoms with Crippen LogP contribution in [0.4, 0.5) is 5.69 Å². The first-order valence-electron chi connectivity index (χ1n) is 7.28. The SMILES string of the molecule is O=S(=O)(Nc1cccc2c1CNCC2)c1cnc2cccnn12. The minimum atomic E-state index is -3.77. The molecule has 1 aliphatic heterocycles. The zero-order chi connectivity index (χ0) is 15.9. The first-order valence-corrected chi connectivity index (χ1v) is 8.76. The lowest BCUT2D eigenvalue weighted by Crippen LogP contribution is -2.26. The number of aromatic nitrogens is 3. The molecule has 0 spiro atoms. The van der Waals surface area contributed by atoms with Crippen molar-refractivity contribution in [3.8, 4) is 0 Å². The van der Waals surface area contributed by atoms with Gasteiger partial charge in [-0.3, -0.25) is 4.72 Å². The molecule has 0 amide bonds. The lowest BCUT2D eigenvalue weighted by atomic mass is 10.00. The average molecular weight is 329 g/mol. The van der Waals surface area contributed by atoms with Crippen molar-refractivity contribution in [2.45, 2.75) is 18.0 Å². The zero-order valence-corrected chi connectivity index (χ0v) is 13.0. The van der Waals surface area contributed by atoms with Crippen LogP contribution in [0.2, 0.25) is 0 Å². The number of imidazole rings is 1. The predicted molar refractivity (Wildman–Crippen MR) is 85.6 cm³/mol. The number of nitrogens with one attached hydrogen (secondary N) is 2. The summed E-state index contributed by atoms with van der Waals surface area (Å²) in [5, 5.41) is 7.35. The molecule has 1 aromatic carbocycles. The lowest BCUT2D eigenvalue weighted by Gasteiger charge is -2.20. The topological polar surface area (TPSA) is 88.4 Å². The summed E-state index contributed by atoms with van der Waals surface area (Å²) < 4.78 is 29.4. The quantitative estimate of drug-likeness (QED) is 0.753. The summed E-state index contributed by atoms with van der Waals surface area (Å²) in [6.45, 7) is 1.56. The van der Waals surface area contributed by atoms with Crippen LogP contribution in [0.25, 0.3) is 5.65 Å². The number of anilines is 1. The van der Waals surface area contributed by atoms with Gasteiger partial charge in [-0.2, -0.15) is 13.5 Å². The molecule has 4 rings (SSSR count). The molecule has 1 aliphatic rings. The van der Waals surface area contributed by atoms with Crippen LogP contribution in [0, 0.1) is 0 Å². The van der Waals surface area contributed by atoms with Crippen molar-refractivity contribution in [2.75, 3.05) is 11.3 Å². The van der Waals surface area contributed by atoms with Crippen LogP contribution in [0.1, 0.15) is 11.1 Å². The number of hydrogen-bond acceptors (Lipinski definition) is 5. The summed E-state index contributed by atoms with van der Waals surface area (Å²) in [7, 11) is -3.77. The monoisotopic (exact) mass is 329 g/mol. The highest BCUT2D eigenvalue weighted by molar-refractivity contribution is 7.92. The second-order valence-corrected chi connectivity index (χ2v) is 6.99. The van der Waals surface area contributed by atoms with E-state index in [-0.39, 0.29) is 5.03 Å². The highest BCUT2D eigenvalue weighted by Gasteiger charge is 2.22. The Bertz CT molecular complexity index is 980. The van der Waals surface area contributed by atoms with Crippen LogP contribution < -0.4 is 10.0 Å². The molecule has 0 saturated carbocycles. The van der Waals surface area contributed by atoms with Crippen LogP contribution in [0.5, 0.6) is 0 Å². The van der Waals surface area contributed by atoms with E-state index in [2.05, 4.69) is 20.1 Å². The van der Waals surface area contributed by atoms with Crippen LogP contribution >= 0.6 is 0 Å². The Hall–Kier alpha value is -2.45. The molecule has 3 aromatic rings. The Morgan fingerprint density at radius 2 is 2.13 bits per heavy atom. The lowest BCUT2D eigenvalue weighted by molar-refractivity contribution is 0.593. The summed E-state index contributed by atoms with van der Waals surface area (Å²) in [6, 6.07) is 9.10. The molecule has 0 unspecified atom stereocenters. The molecule has 0 aliphatic carbocycles. The van der Waals surface area contributed by atoms with E-state index in [9.17, 15) is 8.42 Å². The molecular weight excluding hydrogens is 314 g/mol. The predicted octanol–water partition coefficient (Wildman–Crippen LogP) is 1.18. The van der Waals surface area contributed by atoms with Gasteiger partial charge >= 0.3 is 0 Å². The molecule has 118 valence electrons. The standard InChI is InChI=1S/C15H15N5O2S/c21-23(22,15-10-17-14-5-2-7-18-20(14)15)19-13-4-1-3-11-6-8-16-9-12(11)13/h1-5,7,10,16,19H,6,8-9H2. The molecule has 0 fully saturated rings. The van der Waals surface area contributed by atoms with Gasteiger partial charge in [0.2, 0.25) is 0 Å². The fourth-order valence-corrected chi connectivity index (χ4v) is 3.94. The van der Waals surface area contributed by atoms with Crippen molar-refractivity contribution >= 4 is 21.4 Å². The highest BCUT2D eigenvalue weighted by atomic mass is 32.2. The first kappa shape index (κ1) is 14.2. The van der Waals surface area contributed by atoms with Crippen LogP contribution in [-0.2, 0) is 23.0 Å². The zero-order valence-electron chi connectivity index (χ0n) is 12.2. The van der Waals surface area contributed by atoms with E-state index in [4.69, 9.17) is 0 Å². The molecule has 2 aromatic heterocycles. The number of fused-ring (bicyclic) bond motifs is 2. The van der Waals surface area contributed by atoms with E-state index < -0.39 is 10.0 Å². The summed E-state index contributed by atoms with van der Waals surface area (Å²) in [4.78, 5) is 4.08. The summed E-state index contributed by atoms with van der Waals surface area (Å²) in [5.74, 6) is 0. The first-order chi connectivity index (χ1) is 11.1. The Balaban J connectivity index is 1.76. The Kier molecular flexibility index (Phi) is 3.28. The number of hydrogen-bond donors (Lipinski definition) is 2. The maximum atomic E-state index is 12.7. The van der Waals surface area contributed by atoms with Crippen molar-refractivity contribution in [2.24, 2.45) is 0 Å². The highest BCUT2D eigenvalue weighted by Crippen LogP contribution is 2.25. The van der Waals surface area contributed by atoms with Crippen molar-refractivity contribution in [1.82, 2.24) is 19.9 Å². The fraction of sp³-hybridized carbons (Fsp3) is 0.200. The van der Waals surface area contributed by atoms with Gasteiger partial charge in [-0.05, 0) is 42.3 Å². The Labute approximate surface area is 133 Å². The van der Waals surface area contributed by atoms with E-state index in [1.807, 2.05) is 12.1 Å². The number of rotatable bonds is 3. The maximum absolute atomic E-state index is 12.7. The van der Waals surface area contributed by atoms with E-state index >= 15 is 0 Å². The van der Waals surface area contributed by atoms with Crippen molar-refractivity contribution in [3.05, 3.63) is 53.9 Å². The molecule has 0 bridgehead atoms. The molecule has 0 radical (unpaired) electrons. The molecule has 0 saturated heterocycles. The summed E-state index contributed by atoms with van der Waals surface area (Å²) in [6.07, 6.45) is 3.74. The van der Waals surface area contributed by atoms with Gasteiger partial charge in [-0.15, -0.1) is 0 Å². The smallest absolute Gasteiger partial charge is 0.281 e. The summed E-state index contributed by atoms with van der Waals surface area (Å²) >= 11 is 0. The minimum absolute atomic E-state index is 0.0227. The maximum Gasteiger partial charge on any atom is 0.281 e. The molecule has 3 heterocycles. The average Bonchev–Trinajstić information content (AvgIpc) is 3.00. The fourth-order valence-electron chi connectivity index (χ4n) is 2.80. The minimum Gasteiger partial charge on any atom is -0.312 e. The van der Waals surface area contributed by atoms with Gasteiger partial charge in [0.1, 0.15) is 0 Å². The molecular formula is C15H15N5O2S. The second-order valence-electron chi connectivity index (χ2n) is 5.37. The molecule has 23 heavy (non-hydrogen) atoms.